The summed E-state index contributed by atoms with van der Waals surface area (Å²) in [5.74, 6) is -2.16. The highest BCUT2D eigenvalue weighted by atomic mass is 35.5. The number of carbonyl (C=O) groups excluding carboxylic acids is 2. The normalized spacial score (nSPS) is 13.7. The second-order valence-corrected chi connectivity index (χ2v) is 4.51. The van der Waals surface area contributed by atoms with Crippen LogP contribution in [0.25, 0.3) is 0 Å². The molecule has 11 heteroatoms. The Balaban J connectivity index is 3.28. The van der Waals surface area contributed by atoms with Gasteiger partial charge in [0.25, 0.3) is 0 Å². The maximum atomic E-state index is 13.5. The molecule has 1 atom stereocenters. The van der Waals surface area contributed by atoms with Crippen LogP contribution in [0.4, 0.5) is 23.8 Å². The number of amides is 1. The third-order valence-electron chi connectivity index (χ3n) is 2.52. The lowest BCUT2D eigenvalue weighted by Crippen LogP contribution is -2.69. The van der Waals surface area contributed by atoms with Crippen LogP contribution in [-0.4, -0.2) is 42.6 Å². The summed E-state index contributed by atoms with van der Waals surface area (Å²) in [6.45, 7) is 1.20. The Labute approximate surface area is 134 Å². The first-order chi connectivity index (χ1) is 10.7. The number of alkyl halides is 3. The number of aromatic nitrogens is 1. The molecule has 0 aliphatic rings. The van der Waals surface area contributed by atoms with Gasteiger partial charge in [0.15, 0.2) is 0 Å². The van der Waals surface area contributed by atoms with Crippen LogP contribution < -0.4 is 10.6 Å². The average molecular weight is 356 g/mol. The summed E-state index contributed by atoms with van der Waals surface area (Å²) >= 11 is 5.59. The fourth-order valence-electron chi connectivity index (χ4n) is 1.51. The van der Waals surface area contributed by atoms with Gasteiger partial charge in [-0.25, -0.2) is 14.6 Å². The summed E-state index contributed by atoms with van der Waals surface area (Å²) in [4.78, 5) is 26.8. The third kappa shape index (κ3) is 4.38. The highest BCUT2D eigenvalue weighted by Crippen LogP contribution is 2.32. The van der Waals surface area contributed by atoms with Gasteiger partial charge >= 0.3 is 23.9 Å². The van der Waals surface area contributed by atoms with Gasteiger partial charge in [0.2, 0.25) is 0 Å². The number of halogens is 4. The Hall–Kier alpha value is -2.23. The molecule has 0 aliphatic carbocycles. The smallest absolute Gasteiger partial charge is 0.442 e. The number of hydrogen-bond donors (Lipinski definition) is 2. The predicted octanol–water partition coefficient (Wildman–Crippen LogP) is 2.32. The van der Waals surface area contributed by atoms with Gasteiger partial charge < -0.3 is 14.8 Å². The number of rotatable bonds is 5. The Bertz CT molecular complexity index is 568. The summed E-state index contributed by atoms with van der Waals surface area (Å²) in [7, 11) is 0.743. The van der Waals surface area contributed by atoms with E-state index in [2.05, 4.69) is 14.5 Å². The minimum Gasteiger partial charge on any atom is -0.466 e. The molecule has 0 saturated carbocycles. The van der Waals surface area contributed by atoms with Crippen LogP contribution in [0, 0.1) is 0 Å². The second kappa shape index (κ2) is 7.36. The van der Waals surface area contributed by atoms with E-state index in [4.69, 9.17) is 11.6 Å². The number of hydrogen-bond acceptors (Lipinski definition) is 6. The number of ether oxygens (including phenoxy) is 2. The number of nitrogens with zero attached hydrogens (tertiary/aromatic N) is 1. The van der Waals surface area contributed by atoms with Gasteiger partial charge in [-0.05, 0) is 19.1 Å². The first-order valence-corrected chi connectivity index (χ1v) is 6.54. The molecule has 0 aliphatic heterocycles. The molecule has 0 radical (unpaired) electrons. The molecule has 0 spiro atoms. The molecule has 1 heterocycles. The van der Waals surface area contributed by atoms with Crippen LogP contribution in [0.2, 0.25) is 5.02 Å². The van der Waals surface area contributed by atoms with Gasteiger partial charge in [-0.2, -0.15) is 13.2 Å². The van der Waals surface area contributed by atoms with E-state index < -0.39 is 23.9 Å². The van der Waals surface area contributed by atoms with Crippen molar-refractivity contribution in [3.63, 3.8) is 0 Å². The minimum absolute atomic E-state index is 0.171. The van der Waals surface area contributed by atoms with Crippen molar-refractivity contribution >= 4 is 29.5 Å². The number of carbonyl (C=O) groups is 2. The topological polar surface area (TPSA) is 89.5 Å². The molecule has 1 rings (SSSR count). The zero-order valence-corrected chi connectivity index (χ0v) is 12.8. The van der Waals surface area contributed by atoms with Gasteiger partial charge in [-0.15, -0.1) is 0 Å². The second-order valence-electron chi connectivity index (χ2n) is 4.07. The van der Waals surface area contributed by atoms with E-state index in [-0.39, 0.29) is 17.4 Å². The van der Waals surface area contributed by atoms with Gasteiger partial charge in [-0.1, -0.05) is 11.6 Å². The maximum Gasteiger partial charge on any atom is 0.442 e. The standard InChI is InChI=1S/C12H13ClF3N3O4/c1-3-23-10(21)19-11(9(20)22-2,12(14,15)16)18-8-5-4-7(13)6-17-8/h4-6H,3H2,1-2H3,(H,17,18)(H,19,21). The van der Waals surface area contributed by atoms with Crippen molar-refractivity contribution < 1.29 is 32.2 Å². The molecule has 1 aromatic heterocycles. The van der Waals surface area contributed by atoms with E-state index in [0.29, 0.717) is 0 Å². The SMILES string of the molecule is CCOC(=O)NC(Nc1ccc(Cl)cn1)(C(=O)OC)C(F)(F)F. The number of pyridine rings is 1. The molecule has 0 saturated heterocycles. The van der Waals surface area contributed by atoms with Crippen molar-refractivity contribution in [2.45, 2.75) is 18.8 Å². The highest BCUT2D eigenvalue weighted by Gasteiger charge is 2.64. The third-order valence-corrected chi connectivity index (χ3v) is 2.75. The van der Waals surface area contributed by atoms with Crippen molar-refractivity contribution in [3.8, 4) is 0 Å². The van der Waals surface area contributed by atoms with Crippen molar-refractivity contribution in [1.29, 1.82) is 0 Å². The molecular formula is C12H13ClF3N3O4. The van der Waals surface area contributed by atoms with Crippen LogP contribution in [0.15, 0.2) is 18.3 Å². The number of anilines is 1. The van der Waals surface area contributed by atoms with Gasteiger partial charge in [0, 0.05) is 6.20 Å². The quantitative estimate of drug-likeness (QED) is 0.622. The summed E-state index contributed by atoms with van der Waals surface area (Å²) in [6, 6.07) is 2.35. The van der Waals surface area contributed by atoms with E-state index in [9.17, 15) is 22.8 Å². The van der Waals surface area contributed by atoms with E-state index in [1.54, 1.807) is 0 Å². The highest BCUT2D eigenvalue weighted by molar-refractivity contribution is 6.30. The van der Waals surface area contributed by atoms with Gasteiger partial charge in [0.1, 0.15) is 5.82 Å². The fourth-order valence-corrected chi connectivity index (χ4v) is 1.62. The maximum absolute atomic E-state index is 13.5. The molecule has 7 nitrogen and oxygen atoms in total. The minimum atomic E-state index is -5.26. The molecule has 0 bridgehead atoms. The van der Waals surface area contributed by atoms with Crippen molar-refractivity contribution in [2.75, 3.05) is 19.0 Å². The van der Waals surface area contributed by atoms with Crippen molar-refractivity contribution in [3.05, 3.63) is 23.4 Å². The number of alkyl carbamates (subject to hydrolysis) is 1. The summed E-state index contributed by atoms with van der Waals surface area (Å²) < 4.78 is 49.0. The number of methoxy groups -OCH3 is 1. The largest absolute Gasteiger partial charge is 0.466 e. The predicted molar refractivity (Wildman–Crippen MR) is 73.8 cm³/mol. The van der Waals surface area contributed by atoms with Crippen molar-refractivity contribution in [2.24, 2.45) is 0 Å². The Morgan fingerprint density at radius 2 is 2.00 bits per heavy atom. The number of esters is 1. The summed E-state index contributed by atoms with van der Waals surface area (Å²) in [5, 5.41) is 3.43. The average Bonchev–Trinajstić information content (AvgIpc) is 2.47. The fraction of sp³-hybridized carbons (Fsp3) is 0.417. The van der Waals surface area contributed by atoms with Crippen LogP contribution in [0.1, 0.15) is 6.92 Å². The van der Waals surface area contributed by atoms with Crippen LogP contribution >= 0.6 is 11.6 Å². The summed E-state index contributed by atoms with van der Waals surface area (Å²) in [6.07, 6.45) is -5.66. The molecule has 1 aromatic rings. The van der Waals surface area contributed by atoms with Gasteiger partial charge in [0.05, 0.1) is 18.7 Å². The first-order valence-electron chi connectivity index (χ1n) is 6.16. The van der Waals surface area contributed by atoms with E-state index in [1.165, 1.54) is 18.3 Å². The molecule has 23 heavy (non-hydrogen) atoms. The number of nitrogens with one attached hydrogen (secondary N) is 2. The molecular weight excluding hydrogens is 343 g/mol. The Kier molecular flexibility index (Phi) is 6.02. The molecule has 0 aromatic carbocycles. The molecule has 128 valence electrons. The molecule has 0 fully saturated rings. The Morgan fingerprint density at radius 1 is 1.35 bits per heavy atom. The van der Waals surface area contributed by atoms with E-state index in [1.807, 2.05) is 5.32 Å². The Morgan fingerprint density at radius 3 is 2.43 bits per heavy atom. The summed E-state index contributed by atoms with van der Waals surface area (Å²) in [5.41, 5.74) is -3.57. The zero-order valence-electron chi connectivity index (χ0n) is 12.0. The molecule has 2 N–H and O–H groups in total. The zero-order chi connectivity index (χ0) is 17.7. The van der Waals surface area contributed by atoms with E-state index >= 15 is 0 Å². The van der Waals surface area contributed by atoms with Gasteiger partial charge in [-0.3, -0.25) is 5.32 Å². The molecule has 1 amide bonds. The lowest BCUT2D eigenvalue weighted by atomic mass is 10.1. The lowest BCUT2D eigenvalue weighted by Gasteiger charge is -2.34. The lowest BCUT2D eigenvalue weighted by molar-refractivity contribution is -0.203. The van der Waals surface area contributed by atoms with Crippen LogP contribution in [0.5, 0.6) is 0 Å². The molecule has 1 unspecified atom stereocenters. The van der Waals surface area contributed by atoms with E-state index in [0.717, 1.165) is 19.4 Å². The van der Waals surface area contributed by atoms with Crippen LogP contribution in [-0.2, 0) is 14.3 Å². The van der Waals surface area contributed by atoms with Crippen LogP contribution in [0.3, 0.4) is 0 Å². The monoisotopic (exact) mass is 355 g/mol. The van der Waals surface area contributed by atoms with Crippen molar-refractivity contribution in [1.82, 2.24) is 10.3 Å². The first kappa shape index (κ1) is 18.8.